The van der Waals surface area contributed by atoms with E-state index < -0.39 is 5.92 Å². The van der Waals surface area contributed by atoms with Gasteiger partial charge in [-0.25, -0.2) is 0 Å². The number of amides is 2. The molecule has 0 saturated carbocycles. The fraction of sp³-hybridized carbons (Fsp3) is 0.444. The second kappa shape index (κ2) is 7.15. The zero-order valence-electron chi connectivity index (χ0n) is 15.4. The smallest absolute Gasteiger partial charge is 0.226 e. The van der Waals surface area contributed by atoms with Gasteiger partial charge in [0.05, 0.1) is 25.3 Å². The van der Waals surface area contributed by atoms with Crippen molar-refractivity contribution in [1.29, 1.82) is 0 Å². The van der Waals surface area contributed by atoms with Crippen LogP contribution in [0.5, 0.6) is 5.75 Å². The Bertz CT molecular complexity index is 832. The molecule has 1 fully saturated rings. The van der Waals surface area contributed by atoms with Crippen LogP contribution in [-0.2, 0) is 23.2 Å². The molecule has 3 heterocycles. The fourth-order valence-electron chi connectivity index (χ4n) is 3.40. The number of carbonyl (C=O) groups excluding carboxylic acids is 2. The van der Waals surface area contributed by atoms with Gasteiger partial charge in [0.25, 0.3) is 0 Å². The SMILES string of the molecule is COc1ccncc1CNC(=O)[C@H]1CC(=O)N(C)[C@@H]1c1cnn(C)c1C. The summed E-state index contributed by atoms with van der Waals surface area (Å²) in [6.45, 7) is 2.23. The van der Waals surface area contributed by atoms with Gasteiger partial charge in [0.1, 0.15) is 5.75 Å². The summed E-state index contributed by atoms with van der Waals surface area (Å²) in [7, 11) is 5.16. The van der Waals surface area contributed by atoms with E-state index in [1.165, 1.54) is 0 Å². The van der Waals surface area contributed by atoms with Crippen LogP contribution < -0.4 is 10.1 Å². The summed E-state index contributed by atoms with van der Waals surface area (Å²) < 4.78 is 7.03. The lowest BCUT2D eigenvalue weighted by Crippen LogP contribution is -2.34. The highest BCUT2D eigenvalue weighted by molar-refractivity contribution is 5.90. The minimum atomic E-state index is -0.460. The second-order valence-electron chi connectivity index (χ2n) is 6.47. The number of nitrogens with zero attached hydrogens (tertiary/aromatic N) is 4. The molecule has 8 heteroatoms. The number of carbonyl (C=O) groups is 2. The Balaban J connectivity index is 1.79. The quantitative estimate of drug-likeness (QED) is 0.861. The molecular formula is C18H23N5O3. The van der Waals surface area contributed by atoms with E-state index in [1.807, 2.05) is 14.0 Å². The molecule has 26 heavy (non-hydrogen) atoms. The maximum absolute atomic E-state index is 12.8. The minimum absolute atomic E-state index is 0.0441. The first-order chi connectivity index (χ1) is 12.4. The molecule has 1 aliphatic rings. The van der Waals surface area contributed by atoms with Crippen molar-refractivity contribution in [2.75, 3.05) is 14.2 Å². The number of rotatable bonds is 5. The zero-order valence-corrected chi connectivity index (χ0v) is 15.4. The van der Waals surface area contributed by atoms with Crippen LogP contribution in [-0.4, -0.2) is 45.6 Å². The summed E-state index contributed by atoms with van der Waals surface area (Å²) in [4.78, 5) is 30.8. The van der Waals surface area contributed by atoms with E-state index in [0.29, 0.717) is 12.3 Å². The Kier molecular flexibility index (Phi) is 4.92. The standard InChI is InChI=1S/C18H23N5O3/c1-11-14(10-21-23(11)3)17-13(7-16(24)22(17)2)18(25)20-9-12-8-19-6-5-15(12)26-4/h5-6,8,10,13,17H,7,9H2,1-4H3,(H,20,25)/t13-,17-/m0/s1. The molecule has 8 nitrogen and oxygen atoms in total. The van der Waals surface area contributed by atoms with Gasteiger partial charge in [0.2, 0.25) is 11.8 Å². The van der Waals surface area contributed by atoms with Crippen LogP contribution in [0.4, 0.5) is 0 Å². The number of likely N-dealkylation sites (tertiary alicyclic amines) is 1. The van der Waals surface area contributed by atoms with Crippen molar-refractivity contribution in [3.8, 4) is 5.75 Å². The molecule has 2 aromatic heterocycles. The monoisotopic (exact) mass is 357 g/mol. The molecule has 2 aromatic rings. The lowest BCUT2D eigenvalue weighted by atomic mass is 9.93. The van der Waals surface area contributed by atoms with Crippen molar-refractivity contribution in [1.82, 2.24) is 25.0 Å². The van der Waals surface area contributed by atoms with E-state index in [4.69, 9.17) is 4.74 Å². The second-order valence-corrected chi connectivity index (χ2v) is 6.47. The number of aryl methyl sites for hydroxylation is 1. The Morgan fingerprint density at radius 2 is 2.15 bits per heavy atom. The predicted molar refractivity (Wildman–Crippen MR) is 94.2 cm³/mol. The van der Waals surface area contributed by atoms with Gasteiger partial charge >= 0.3 is 0 Å². The lowest BCUT2D eigenvalue weighted by molar-refractivity contribution is -0.128. The minimum Gasteiger partial charge on any atom is -0.496 e. The Hall–Kier alpha value is -2.90. The number of pyridine rings is 1. The molecule has 0 bridgehead atoms. The summed E-state index contributed by atoms with van der Waals surface area (Å²) in [6, 6.07) is 1.43. The van der Waals surface area contributed by atoms with E-state index in [-0.39, 0.29) is 24.3 Å². The molecule has 3 rings (SSSR count). The van der Waals surface area contributed by atoms with Crippen molar-refractivity contribution in [3.63, 3.8) is 0 Å². The predicted octanol–water partition coefficient (Wildman–Crippen LogP) is 0.968. The zero-order chi connectivity index (χ0) is 18.8. The summed E-state index contributed by atoms with van der Waals surface area (Å²) in [5, 5.41) is 7.17. The highest BCUT2D eigenvalue weighted by Gasteiger charge is 2.43. The topological polar surface area (TPSA) is 89.3 Å². The Morgan fingerprint density at radius 3 is 2.81 bits per heavy atom. The largest absolute Gasteiger partial charge is 0.496 e. The molecular weight excluding hydrogens is 334 g/mol. The van der Waals surface area contributed by atoms with E-state index in [0.717, 1.165) is 16.8 Å². The summed E-state index contributed by atoms with van der Waals surface area (Å²) in [5.74, 6) is -0.00291. The third kappa shape index (κ3) is 3.14. The summed E-state index contributed by atoms with van der Waals surface area (Å²) >= 11 is 0. The number of hydrogen-bond donors (Lipinski definition) is 1. The highest BCUT2D eigenvalue weighted by atomic mass is 16.5. The van der Waals surface area contributed by atoms with E-state index in [9.17, 15) is 9.59 Å². The number of methoxy groups -OCH3 is 1. The van der Waals surface area contributed by atoms with Gasteiger partial charge in [0.15, 0.2) is 0 Å². The van der Waals surface area contributed by atoms with Crippen molar-refractivity contribution in [2.45, 2.75) is 25.9 Å². The summed E-state index contributed by atoms with van der Waals surface area (Å²) in [6.07, 6.45) is 5.22. The van der Waals surface area contributed by atoms with Crippen molar-refractivity contribution in [2.24, 2.45) is 13.0 Å². The van der Waals surface area contributed by atoms with Crippen LogP contribution in [0.1, 0.15) is 29.3 Å². The number of nitrogens with one attached hydrogen (secondary N) is 1. The van der Waals surface area contributed by atoms with E-state index in [2.05, 4.69) is 15.4 Å². The Morgan fingerprint density at radius 1 is 1.38 bits per heavy atom. The van der Waals surface area contributed by atoms with Gasteiger partial charge in [-0.05, 0) is 13.0 Å². The first-order valence-electron chi connectivity index (χ1n) is 8.42. The van der Waals surface area contributed by atoms with E-state index >= 15 is 0 Å². The molecule has 2 amide bonds. The molecule has 138 valence electrons. The van der Waals surface area contributed by atoms with Crippen LogP contribution in [0.3, 0.4) is 0 Å². The number of hydrogen-bond acceptors (Lipinski definition) is 5. The first-order valence-corrected chi connectivity index (χ1v) is 8.42. The average molecular weight is 357 g/mol. The molecule has 1 saturated heterocycles. The molecule has 0 aliphatic carbocycles. The van der Waals surface area contributed by atoms with E-state index in [1.54, 1.807) is 48.4 Å². The third-order valence-corrected chi connectivity index (χ3v) is 5.05. The maximum Gasteiger partial charge on any atom is 0.226 e. The third-order valence-electron chi connectivity index (χ3n) is 5.05. The van der Waals surface area contributed by atoms with Gasteiger partial charge in [-0.15, -0.1) is 0 Å². The molecule has 1 aliphatic heterocycles. The molecule has 1 N–H and O–H groups in total. The first kappa shape index (κ1) is 17.9. The van der Waals surface area contributed by atoms with Gasteiger partial charge in [-0.1, -0.05) is 0 Å². The van der Waals surface area contributed by atoms with Gasteiger partial charge in [-0.3, -0.25) is 19.3 Å². The molecule has 0 unspecified atom stereocenters. The van der Waals surface area contributed by atoms with Crippen molar-refractivity contribution >= 4 is 11.8 Å². The van der Waals surface area contributed by atoms with Gasteiger partial charge in [0, 0.05) is 56.3 Å². The van der Waals surface area contributed by atoms with Crippen LogP contribution in [0, 0.1) is 12.8 Å². The lowest BCUT2D eigenvalue weighted by Gasteiger charge is -2.24. The number of ether oxygens (including phenoxy) is 1. The van der Waals surface area contributed by atoms with Gasteiger partial charge < -0.3 is 15.0 Å². The normalized spacial score (nSPS) is 19.7. The average Bonchev–Trinajstić information content (AvgIpc) is 3.12. The highest BCUT2D eigenvalue weighted by Crippen LogP contribution is 2.38. The summed E-state index contributed by atoms with van der Waals surface area (Å²) in [5.41, 5.74) is 2.64. The van der Waals surface area contributed by atoms with Crippen molar-refractivity contribution in [3.05, 3.63) is 41.5 Å². The van der Waals surface area contributed by atoms with Crippen LogP contribution in [0.15, 0.2) is 24.7 Å². The molecule has 0 spiro atoms. The van der Waals surface area contributed by atoms with Gasteiger partial charge in [-0.2, -0.15) is 5.10 Å². The fourth-order valence-corrected chi connectivity index (χ4v) is 3.40. The van der Waals surface area contributed by atoms with Crippen LogP contribution in [0.25, 0.3) is 0 Å². The maximum atomic E-state index is 12.8. The van der Waals surface area contributed by atoms with Crippen LogP contribution >= 0.6 is 0 Å². The van der Waals surface area contributed by atoms with Crippen LogP contribution in [0.2, 0.25) is 0 Å². The Labute approximate surface area is 152 Å². The number of aromatic nitrogens is 3. The molecule has 0 aromatic carbocycles. The molecule has 0 radical (unpaired) electrons. The van der Waals surface area contributed by atoms with Crippen molar-refractivity contribution < 1.29 is 14.3 Å². The molecule has 2 atom stereocenters.